The van der Waals surface area contributed by atoms with Gasteiger partial charge < -0.3 is 48.3 Å². The molecular formula is C77H119BBrF9O12. The summed E-state index contributed by atoms with van der Waals surface area (Å²) >= 11 is 3.65. The molecule has 0 amide bonds. The smallest absolute Gasteiger partial charge is 0.491 e. The van der Waals surface area contributed by atoms with Gasteiger partial charge in [-0.2, -0.15) is 26.3 Å². The van der Waals surface area contributed by atoms with Gasteiger partial charge in [0.15, 0.2) is 51.9 Å². The van der Waals surface area contributed by atoms with Crippen molar-refractivity contribution in [1.29, 1.82) is 0 Å². The maximum absolute atomic E-state index is 14.4. The summed E-state index contributed by atoms with van der Waals surface area (Å²) in [6.45, 7) is 23.3. The number of ether oxygens (including phenoxy) is 7. The monoisotopic (exact) mass is 1500 g/mol. The summed E-state index contributed by atoms with van der Waals surface area (Å²) in [4.78, 5) is 0. The highest BCUT2D eigenvalue weighted by Crippen LogP contribution is 2.45. The Labute approximate surface area is 601 Å². The van der Waals surface area contributed by atoms with Crippen LogP contribution in [0, 0.1) is 122 Å². The van der Waals surface area contributed by atoms with Gasteiger partial charge in [-0.1, -0.05) is 81.1 Å². The van der Waals surface area contributed by atoms with Crippen LogP contribution in [0.1, 0.15) is 219 Å². The molecule has 0 unspecified atom stereocenters. The third kappa shape index (κ3) is 31.8. The molecule has 4 aliphatic carbocycles. The van der Waals surface area contributed by atoms with E-state index in [1.165, 1.54) is 172 Å². The largest absolute Gasteiger partial charge is 0.505 e. The second-order valence-corrected chi connectivity index (χ2v) is 27.2. The van der Waals surface area contributed by atoms with E-state index in [4.69, 9.17) is 60.2 Å². The number of halogens is 10. The van der Waals surface area contributed by atoms with Gasteiger partial charge in [0.2, 0.25) is 29.1 Å². The van der Waals surface area contributed by atoms with Crippen LogP contribution in [0.25, 0.3) is 0 Å². The first kappa shape index (κ1) is 89.6. The van der Waals surface area contributed by atoms with Crippen molar-refractivity contribution in [2.24, 2.45) is 47.3 Å². The Morgan fingerprint density at radius 2 is 0.790 bits per heavy atom. The highest BCUT2D eigenvalue weighted by Gasteiger charge is 2.33. The Bertz CT molecular complexity index is 2830. The second kappa shape index (κ2) is 52.3. The van der Waals surface area contributed by atoms with Gasteiger partial charge in [0.05, 0.1) is 41.6 Å². The average molecular weight is 1500 g/mol. The molecule has 2 saturated heterocycles. The summed E-state index contributed by atoms with van der Waals surface area (Å²) in [6, 6.07) is 6.64. The molecule has 0 aromatic heterocycles. The Morgan fingerprint density at radius 3 is 1.14 bits per heavy atom. The van der Waals surface area contributed by atoms with Crippen molar-refractivity contribution in [3.05, 3.63) is 99.1 Å². The highest BCUT2D eigenvalue weighted by molar-refractivity contribution is 9.09. The van der Waals surface area contributed by atoms with Gasteiger partial charge in [0.1, 0.15) is 0 Å². The maximum Gasteiger partial charge on any atom is 0.491 e. The van der Waals surface area contributed by atoms with Crippen molar-refractivity contribution < 1.29 is 99.7 Å². The van der Waals surface area contributed by atoms with Gasteiger partial charge in [-0.3, -0.25) is 14.9 Å². The Balaban J connectivity index is 0.000000420. The Hall–Kier alpha value is -4.65. The van der Waals surface area contributed by atoms with Crippen LogP contribution in [-0.2, 0) is 9.47 Å². The van der Waals surface area contributed by atoms with Crippen molar-refractivity contribution >= 4 is 28.5 Å². The Morgan fingerprint density at radius 1 is 0.450 bits per heavy atom. The van der Waals surface area contributed by atoms with Gasteiger partial charge >= 0.3 is 7.12 Å². The van der Waals surface area contributed by atoms with Crippen molar-refractivity contribution in [3.63, 3.8) is 0 Å². The molecule has 4 saturated carbocycles. The molecule has 2 heterocycles. The predicted octanol–water partition coefficient (Wildman–Crippen LogP) is 20.9. The Kier molecular flexibility index (Phi) is 46.9. The summed E-state index contributed by atoms with van der Waals surface area (Å²) in [6.07, 6.45) is 33.4. The first-order valence-corrected chi connectivity index (χ1v) is 37.5. The minimum atomic E-state index is -2.03. The van der Waals surface area contributed by atoms with E-state index < -0.39 is 72.0 Å². The molecule has 0 radical (unpaired) electrons. The van der Waals surface area contributed by atoms with Crippen LogP contribution in [0.3, 0.4) is 0 Å². The molecule has 0 spiro atoms. The minimum Gasteiger partial charge on any atom is -0.505 e. The lowest BCUT2D eigenvalue weighted by Gasteiger charge is -2.37. The number of rotatable bonds is 19. The fraction of sp³-hybridized carbons (Fsp3) is 0.688. The molecule has 572 valence electrons. The van der Waals surface area contributed by atoms with Crippen LogP contribution < -0.4 is 29.1 Å². The highest BCUT2D eigenvalue weighted by atomic mass is 79.9. The van der Waals surface area contributed by atoms with E-state index in [0.717, 1.165) is 86.8 Å². The topological polar surface area (TPSA) is 166 Å². The van der Waals surface area contributed by atoms with E-state index >= 15 is 0 Å². The van der Waals surface area contributed by atoms with Crippen LogP contribution in [0.15, 0.2) is 30.3 Å². The van der Waals surface area contributed by atoms with Crippen molar-refractivity contribution in [2.75, 3.05) is 71.9 Å². The molecule has 10 rings (SSSR count). The van der Waals surface area contributed by atoms with E-state index in [1.54, 1.807) is 54.4 Å². The third-order valence-electron chi connectivity index (χ3n) is 19.3. The fourth-order valence-corrected chi connectivity index (χ4v) is 14.6. The number of benzene rings is 4. The zero-order chi connectivity index (χ0) is 75.4. The van der Waals surface area contributed by atoms with Gasteiger partial charge in [-0.15, -0.1) is 0 Å². The zero-order valence-electron chi connectivity index (χ0n) is 62.2. The van der Waals surface area contributed by atoms with Crippen molar-refractivity contribution in [3.8, 4) is 34.5 Å². The average Bonchev–Trinajstić information content (AvgIpc) is 1.22. The predicted molar refractivity (Wildman–Crippen MR) is 384 cm³/mol. The summed E-state index contributed by atoms with van der Waals surface area (Å²) in [7, 11) is -3.03. The lowest BCUT2D eigenvalue weighted by molar-refractivity contribution is -0.176. The van der Waals surface area contributed by atoms with E-state index in [1.807, 2.05) is 0 Å². The van der Waals surface area contributed by atoms with Crippen molar-refractivity contribution in [1.82, 2.24) is 0 Å². The van der Waals surface area contributed by atoms with Crippen LogP contribution in [0.5, 0.6) is 34.5 Å². The molecule has 6 fully saturated rings. The number of alkyl halides is 2. The quantitative estimate of drug-likeness (QED) is 0.0199. The molecule has 4 aromatic carbocycles. The van der Waals surface area contributed by atoms with E-state index in [2.05, 4.69) is 29.8 Å². The van der Waals surface area contributed by atoms with Crippen LogP contribution in [0.4, 0.5) is 39.5 Å². The first-order valence-electron chi connectivity index (χ1n) is 37.1. The van der Waals surface area contributed by atoms with Crippen molar-refractivity contribution in [2.45, 2.75) is 223 Å². The number of phenols is 1. The number of phenolic OH excluding ortho intramolecular Hbond substituents is 1. The summed E-state index contributed by atoms with van der Waals surface area (Å²) < 4.78 is 157. The SMILES string of the molecule is C1CCOC1.C1CCOC1.CCCC1CCC(C2CCC(CBr)CC2)CC1.CCCC1CCC(C2CCC(COc3c(C)cc(OCC)c(F)c3F)CC2)CC1.CCOc1cc(C)c(B(O)O)c(F)c1F.CCOc1cc(C)c(O)c(F)c1F.CCOc1cc(C)cc(F)c1F.OO.[2H]CF. The van der Waals surface area contributed by atoms with E-state index in [-0.39, 0.29) is 53.1 Å². The minimum absolute atomic E-state index is 0.0185. The van der Waals surface area contributed by atoms with E-state index in [0.29, 0.717) is 36.9 Å². The lowest BCUT2D eigenvalue weighted by atomic mass is 9.69. The third-order valence-corrected chi connectivity index (χ3v) is 20.2. The molecule has 100 heavy (non-hydrogen) atoms. The molecule has 4 aromatic rings. The standard InChI is InChI=1S/C25H38F2O2.C16H29Br.C9H11BF2O3.C9H10F2O2.C9H10F2O.2C4H8O.CH3F.H2O2/c1-4-6-18-7-11-20(12-8-18)21-13-9-19(10-14-21)16-29-25-17(3)15-22(28-5-2)23(26)24(25)27;1-2-3-13-4-8-15(9-5-13)16-10-6-14(12-17)7-11-16;1-3-15-6-4-5(2)7(10(13)14)9(12)8(6)11;1-3-13-6-4-5(2)9(12)8(11)7(6)10;1-3-12-8-5-6(2)4-7(10)9(8)11;2*1-2-4-5-3-1;2*1-2/h15,18-21H,4-14,16H2,1-3H3;13-16H,2-12H2,1H3;4,13-14H,3H2,1-2H3;4,12H,3H2,1-2H3;4-5H,3H2,1-2H3;2*1-4H2;1H3;1-2H/i;;;;;;;1D;. The molecule has 2 aliphatic heterocycles. The summed E-state index contributed by atoms with van der Waals surface area (Å²) in [5.74, 6) is -2.20. The number of hydrogen-bond donors (Lipinski definition) is 5. The number of aromatic hydroxyl groups is 1. The summed E-state index contributed by atoms with van der Waals surface area (Å²) in [5.41, 5.74) is 1.26. The van der Waals surface area contributed by atoms with Crippen LogP contribution in [0.2, 0.25) is 0 Å². The van der Waals surface area contributed by atoms with Gasteiger partial charge in [0.25, 0.3) is 0 Å². The molecule has 12 nitrogen and oxygen atoms in total. The zero-order valence-corrected chi connectivity index (χ0v) is 62.8. The van der Waals surface area contributed by atoms with Crippen LogP contribution >= 0.6 is 15.9 Å². The number of aryl methyl sites for hydroxylation is 4. The number of hydrogen-bond acceptors (Lipinski definition) is 12. The first-order chi connectivity index (χ1) is 48.5. The molecule has 6 aliphatic rings. The molecule has 23 heteroatoms. The lowest BCUT2D eigenvalue weighted by Crippen LogP contribution is -2.36. The van der Waals surface area contributed by atoms with E-state index in [9.17, 15) is 39.5 Å². The maximum atomic E-state index is 14.4. The van der Waals surface area contributed by atoms with Gasteiger partial charge in [-0.05, 0) is 258 Å². The molecule has 5 N–H and O–H groups in total. The van der Waals surface area contributed by atoms with Gasteiger partial charge in [0, 0.05) is 37.2 Å². The molecule has 0 bridgehead atoms. The van der Waals surface area contributed by atoms with Gasteiger partial charge in [-0.25, -0.2) is 8.78 Å². The fourth-order valence-electron chi connectivity index (χ4n) is 14.0. The molecule has 0 atom stereocenters. The van der Waals surface area contributed by atoms with Crippen LogP contribution in [-0.4, -0.2) is 105 Å². The summed E-state index contributed by atoms with van der Waals surface area (Å²) in [5, 5.41) is 39.9. The molecular weight excluding hydrogens is 1380 g/mol. The second-order valence-electron chi connectivity index (χ2n) is 26.5. The normalized spacial score (nSPS) is 21.4.